The van der Waals surface area contributed by atoms with Gasteiger partial charge in [-0.15, -0.1) is 0 Å². The number of furan rings is 2. The van der Waals surface area contributed by atoms with E-state index in [9.17, 15) is 0 Å². The zero-order valence-corrected chi connectivity index (χ0v) is 55.5. The van der Waals surface area contributed by atoms with E-state index < -0.39 is 16.1 Å². The van der Waals surface area contributed by atoms with Gasteiger partial charge in [0.2, 0.25) is 0 Å². The summed E-state index contributed by atoms with van der Waals surface area (Å²) in [5.41, 5.74) is 16.3. The molecule has 0 amide bonds. The molecule has 0 unspecified atom stereocenters. The van der Waals surface area contributed by atoms with Crippen LogP contribution in [0.4, 0.5) is 51.2 Å². The van der Waals surface area contributed by atoms with Crippen molar-refractivity contribution in [3.05, 3.63) is 376 Å². The quantitative estimate of drug-likeness (QED) is 0.0849. The predicted molar refractivity (Wildman–Crippen MR) is 417 cm³/mol. The van der Waals surface area contributed by atoms with Crippen LogP contribution in [0.2, 0.25) is 0 Å². The van der Waals surface area contributed by atoms with Crippen molar-refractivity contribution in [2.75, 3.05) is 14.7 Å². The van der Waals surface area contributed by atoms with E-state index in [-0.39, 0.29) is 6.71 Å². The minimum Gasteiger partial charge on any atom is -0.456 e. The lowest BCUT2D eigenvalue weighted by atomic mass is 9.33. The van der Waals surface area contributed by atoms with Gasteiger partial charge in [-0.25, -0.2) is 0 Å². The number of fused-ring (bicyclic) bond motifs is 10. The number of para-hydroxylation sites is 4. The molecule has 19 rings (SSSR count). The van der Waals surface area contributed by atoms with Gasteiger partial charge in [0.05, 0.1) is 5.69 Å². The summed E-state index contributed by atoms with van der Waals surface area (Å²) in [5, 5.41) is 14.7. The summed E-state index contributed by atoms with van der Waals surface area (Å²) in [7, 11) is -6.17. The second-order valence-electron chi connectivity index (χ2n) is 25.8. The van der Waals surface area contributed by atoms with Crippen LogP contribution in [0.1, 0.15) is 0 Å². The third-order valence-electron chi connectivity index (χ3n) is 20.6. The Hall–Kier alpha value is -12.2. The average Bonchev–Trinajstić information content (AvgIpc) is 1.02. The Morgan fingerprint density at radius 1 is 0.235 bits per heavy atom. The molecule has 0 radical (unpaired) electrons. The van der Waals surface area contributed by atoms with Gasteiger partial charge in [0.1, 0.15) is 22.3 Å². The molecule has 2 aromatic heterocycles. The maximum atomic E-state index is 7.05. The molecule has 0 aliphatic carbocycles. The van der Waals surface area contributed by atoms with Crippen molar-refractivity contribution in [1.29, 1.82) is 0 Å². The smallest absolute Gasteiger partial charge is 0.252 e. The fraction of sp³-hybridized carbons (Fsp3) is 0. The van der Waals surface area contributed by atoms with E-state index >= 15 is 0 Å². The number of benzene rings is 15. The summed E-state index contributed by atoms with van der Waals surface area (Å²) in [5.74, 6) is 0. The van der Waals surface area contributed by atoms with Gasteiger partial charge in [-0.1, -0.05) is 279 Å². The minimum atomic E-state index is -3.09. The van der Waals surface area contributed by atoms with Crippen LogP contribution in [0, 0.1) is 0 Å². The lowest BCUT2D eigenvalue weighted by molar-refractivity contribution is 0.669. The summed E-state index contributed by atoms with van der Waals surface area (Å²) in [6.07, 6.45) is 0. The van der Waals surface area contributed by atoms with Crippen LogP contribution in [-0.4, -0.2) is 22.9 Å². The Kier molecular flexibility index (Phi) is 13.6. The van der Waals surface area contributed by atoms with Crippen molar-refractivity contribution in [2.24, 2.45) is 0 Å². The first-order valence-corrected chi connectivity index (χ1v) is 37.7. The van der Waals surface area contributed by atoms with Gasteiger partial charge in [-0.05, 0) is 155 Å². The molecular formula is C90H62BN3O2Si2. The van der Waals surface area contributed by atoms with Crippen molar-refractivity contribution >= 4 is 176 Å². The number of nitrogens with zero attached hydrogens (tertiary/aromatic N) is 3. The third-order valence-corrected chi connectivity index (χ3v) is 30.2. The molecule has 2 aliphatic heterocycles. The van der Waals surface area contributed by atoms with E-state index in [2.05, 4.69) is 391 Å². The molecule has 0 saturated heterocycles. The van der Waals surface area contributed by atoms with Gasteiger partial charge in [0, 0.05) is 67.0 Å². The van der Waals surface area contributed by atoms with Crippen LogP contribution >= 0.6 is 0 Å². The molecule has 8 heteroatoms. The summed E-state index contributed by atoms with van der Waals surface area (Å²) in [4.78, 5) is 7.64. The van der Waals surface area contributed by atoms with Crippen molar-refractivity contribution in [3.63, 3.8) is 0 Å². The maximum absolute atomic E-state index is 7.05. The van der Waals surface area contributed by atoms with Gasteiger partial charge in [-0.3, -0.25) is 0 Å². The summed E-state index contributed by atoms with van der Waals surface area (Å²) in [6, 6.07) is 140. The molecule has 2 aliphatic rings. The van der Waals surface area contributed by atoms with Gasteiger partial charge >= 0.3 is 0 Å². The second kappa shape index (κ2) is 23.3. The molecule has 0 N–H and O–H groups in total. The fourth-order valence-corrected chi connectivity index (χ4v) is 26.2. The number of hydrogen-bond donors (Lipinski definition) is 0. The van der Waals surface area contributed by atoms with Crippen LogP contribution in [0.3, 0.4) is 0 Å². The molecule has 0 bridgehead atoms. The predicted octanol–water partition coefficient (Wildman–Crippen LogP) is 15.8. The monoisotopic (exact) mass is 1280 g/mol. The van der Waals surface area contributed by atoms with Crippen LogP contribution in [0.25, 0.3) is 43.9 Å². The first-order chi connectivity index (χ1) is 48.6. The molecule has 17 aromatic rings. The molecule has 5 nitrogen and oxygen atoms in total. The summed E-state index contributed by atoms with van der Waals surface area (Å²) in [6.45, 7) is -0.312. The van der Waals surface area contributed by atoms with Gasteiger partial charge < -0.3 is 23.5 Å². The Morgan fingerprint density at radius 2 is 0.541 bits per heavy atom. The van der Waals surface area contributed by atoms with E-state index in [4.69, 9.17) is 8.83 Å². The molecule has 98 heavy (non-hydrogen) atoms. The standard InChI is InChI=1S/C90H62BN3O2Si2/c1-9-31-63(32-10-1)92(64-33-11-2-12-34-64)67-57-84-90-85(58-67)94(66-36-30-50-75(56-66)98(71-43-19-6-20-44-71,72-45-21-7-22-46-72)73-47-23-8-24-48-73)83-60-79-77-52-26-28-54-87(77)96-89(79)62-81(83)91(90)80-61-88-78(76-51-25-27-53-86(76)95-88)59-82(80)93(84)65-35-29-49-74(55-65)97(68-37-13-3-14-38-68,69-39-15-4-16-40-69)70-41-17-5-18-42-70/h1-62H. The average molecular weight is 1280 g/mol. The van der Waals surface area contributed by atoms with Gasteiger partial charge in [0.25, 0.3) is 6.71 Å². The van der Waals surface area contributed by atoms with Gasteiger partial charge in [-0.2, -0.15) is 0 Å². The molecular weight excluding hydrogens is 1220 g/mol. The third kappa shape index (κ3) is 8.92. The van der Waals surface area contributed by atoms with Crippen LogP contribution in [0.15, 0.2) is 385 Å². The highest BCUT2D eigenvalue weighted by Crippen LogP contribution is 2.50. The zero-order chi connectivity index (χ0) is 64.7. The first kappa shape index (κ1) is 57.3. The molecule has 460 valence electrons. The van der Waals surface area contributed by atoms with Crippen LogP contribution < -0.4 is 72.6 Å². The van der Waals surface area contributed by atoms with Crippen molar-refractivity contribution in [1.82, 2.24) is 0 Å². The van der Waals surface area contributed by atoms with Crippen LogP contribution in [-0.2, 0) is 0 Å². The Bertz CT molecular complexity index is 5290. The highest BCUT2D eigenvalue weighted by atomic mass is 28.3. The van der Waals surface area contributed by atoms with E-state index in [1.54, 1.807) is 0 Å². The summed E-state index contributed by atoms with van der Waals surface area (Å²) >= 11 is 0. The highest BCUT2D eigenvalue weighted by molar-refractivity contribution is 7.20. The fourth-order valence-electron chi connectivity index (χ4n) is 16.6. The highest BCUT2D eigenvalue weighted by Gasteiger charge is 2.48. The van der Waals surface area contributed by atoms with Crippen molar-refractivity contribution in [3.8, 4) is 0 Å². The zero-order valence-electron chi connectivity index (χ0n) is 53.5. The first-order valence-electron chi connectivity index (χ1n) is 33.7. The lowest BCUT2D eigenvalue weighted by Gasteiger charge is -2.45. The largest absolute Gasteiger partial charge is 0.456 e. The number of hydrogen-bond acceptors (Lipinski definition) is 5. The topological polar surface area (TPSA) is 36.0 Å². The molecule has 0 atom stereocenters. The van der Waals surface area contributed by atoms with Gasteiger partial charge in [0.15, 0.2) is 16.1 Å². The normalized spacial score (nSPS) is 12.6. The Balaban J connectivity index is 0.961. The minimum absolute atomic E-state index is 0.312. The van der Waals surface area contributed by atoms with E-state index in [0.29, 0.717) is 0 Å². The SMILES string of the molecule is c1ccc(N(c2ccccc2)c2cc3c4c(c2)N(c2cccc([Si](c5ccccc5)(c5ccccc5)c5ccccc5)c2)c2cc5c(cc2B4c2cc4oc6ccccc6c4cc2N3c2cccc([Si](c3ccccc3)(c3ccccc3)c3ccccc3)c2)oc2ccccc25)cc1. The van der Waals surface area contributed by atoms with E-state index in [1.165, 1.54) is 47.0 Å². The van der Waals surface area contributed by atoms with Crippen LogP contribution in [0.5, 0.6) is 0 Å². The molecule has 0 saturated carbocycles. The second-order valence-corrected chi connectivity index (χ2v) is 33.4. The van der Waals surface area contributed by atoms with E-state index in [0.717, 1.165) is 106 Å². The summed E-state index contributed by atoms with van der Waals surface area (Å²) < 4.78 is 14.1. The molecule has 0 spiro atoms. The lowest BCUT2D eigenvalue weighted by Crippen LogP contribution is -2.74. The van der Waals surface area contributed by atoms with Crippen molar-refractivity contribution < 1.29 is 8.83 Å². The van der Waals surface area contributed by atoms with E-state index in [1.807, 2.05) is 0 Å². The number of rotatable bonds is 13. The van der Waals surface area contributed by atoms with Crippen molar-refractivity contribution in [2.45, 2.75) is 0 Å². The molecule has 15 aromatic carbocycles. The molecule has 0 fully saturated rings. The Morgan fingerprint density at radius 3 is 0.888 bits per heavy atom. The Labute approximate surface area is 571 Å². The molecule has 4 heterocycles. The maximum Gasteiger partial charge on any atom is 0.252 e. The number of anilines is 9.